The smallest absolute Gasteiger partial charge is 0.119 e. The SMILES string of the molecule is CC.COc1cccc([C@H]2CCCNC2)c1. The molecule has 1 saturated heterocycles. The molecule has 1 aromatic carbocycles. The molecule has 2 rings (SSSR count). The van der Waals surface area contributed by atoms with Gasteiger partial charge in [-0.3, -0.25) is 0 Å². The maximum atomic E-state index is 5.23. The summed E-state index contributed by atoms with van der Waals surface area (Å²) in [6, 6.07) is 8.42. The average Bonchev–Trinajstić information content (AvgIpc) is 2.42. The van der Waals surface area contributed by atoms with E-state index in [1.165, 1.54) is 24.9 Å². The van der Waals surface area contributed by atoms with Gasteiger partial charge in [0.15, 0.2) is 0 Å². The van der Waals surface area contributed by atoms with Crippen LogP contribution in [0.3, 0.4) is 0 Å². The lowest BCUT2D eigenvalue weighted by molar-refractivity contribution is 0.411. The maximum absolute atomic E-state index is 5.23. The van der Waals surface area contributed by atoms with Crippen molar-refractivity contribution in [2.24, 2.45) is 0 Å². The molecule has 1 heterocycles. The molecule has 90 valence electrons. The number of hydrogen-bond donors (Lipinski definition) is 1. The molecule has 1 aromatic rings. The highest BCUT2D eigenvalue weighted by Gasteiger charge is 2.14. The first-order valence-corrected chi connectivity index (χ1v) is 6.25. The van der Waals surface area contributed by atoms with Gasteiger partial charge in [-0.1, -0.05) is 26.0 Å². The Morgan fingerprint density at radius 3 is 2.75 bits per heavy atom. The molecule has 0 spiro atoms. The van der Waals surface area contributed by atoms with Crippen molar-refractivity contribution in [2.45, 2.75) is 32.6 Å². The molecule has 1 aliphatic rings. The van der Waals surface area contributed by atoms with Gasteiger partial charge in [0.05, 0.1) is 7.11 Å². The van der Waals surface area contributed by atoms with Crippen molar-refractivity contribution in [2.75, 3.05) is 20.2 Å². The second kappa shape index (κ2) is 7.29. The molecule has 2 heteroatoms. The van der Waals surface area contributed by atoms with E-state index in [9.17, 15) is 0 Å². The zero-order valence-corrected chi connectivity index (χ0v) is 10.6. The van der Waals surface area contributed by atoms with Gasteiger partial charge in [-0.25, -0.2) is 0 Å². The van der Waals surface area contributed by atoms with Crippen LogP contribution in [0.25, 0.3) is 0 Å². The van der Waals surface area contributed by atoms with Crippen molar-refractivity contribution in [1.82, 2.24) is 5.32 Å². The summed E-state index contributed by atoms with van der Waals surface area (Å²) >= 11 is 0. The van der Waals surface area contributed by atoms with Crippen molar-refractivity contribution in [3.05, 3.63) is 29.8 Å². The summed E-state index contributed by atoms with van der Waals surface area (Å²) in [6.07, 6.45) is 2.57. The Bertz CT molecular complexity index is 293. The van der Waals surface area contributed by atoms with Gasteiger partial charge in [-0.15, -0.1) is 0 Å². The molecule has 16 heavy (non-hydrogen) atoms. The Hall–Kier alpha value is -1.02. The van der Waals surface area contributed by atoms with Crippen molar-refractivity contribution >= 4 is 0 Å². The van der Waals surface area contributed by atoms with Crippen molar-refractivity contribution in [3.63, 3.8) is 0 Å². The Kier molecular flexibility index (Phi) is 5.94. The lowest BCUT2D eigenvalue weighted by Crippen LogP contribution is -2.28. The fraction of sp³-hybridized carbons (Fsp3) is 0.571. The third-order valence-electron chi connectivity index (χ3n) is 2.86. The molecule has 0 aliphatic carbocycles. The molecular formula is C14H23NO. The van der Waals surface area contributed by atoms with Crippen molar-refractivity contribution in [3.8, 4) is 5.75 Å². The number of nitrogens with one attached hydrogen (secondary N) is 1. The van der Waals surface area contributed by atoms with Gasteiger partial charge in [-0.05, 0) is 43.0 Å². The Labute approximate surface area is 99.0 Å². The van der Waals surface area contributed by atoms with E-state index in [4.69, 9.17) is 4.74 Å². The van der Waals surface area contributed by atoms with Crippen LogP contribution in [0, 0.1) is 0 Å². The summed E-state index contributed by atoms with van der Waals surface area (Å²) in [5.41, 5.74) is 1.40. The number of hydrogen-bond acceptors (Lipinski definition) is 2. The minimum absolute atomic E-state index is 0.666. The van der Waals surface area contributed by atoms with Gasteiger partial charge in [-0.2, -0.15) is 0 Å². The monoisotopic (exact) mass is 221 g/mol. The van der Waals surface area contributed by atoms with Gasteiger partial charge >= 0.3 is 0 Å². The highest BCUT2D eigenvalue weighted by atomic mass is 16.5. The van der Waals surface area contributed by atoms with E-state index < -0.39 is 0 Å². The number of ether oxygens (including phenoxy) is 1. The summed E-state index contributed by atoms with van der Waals surface area (Å²) in [7, 11) is 1.72. The second-order valence-electron chi connectivity index (χ2n) is 3.82. The Morgan fingerprint density at radius 2 is 2.12 bits per heavy atom. The van der Waals surface area contributed by atoms with Crippen LogP contribution in [0.2, 0.25) is 0 Å². The van der Waals surface area contributed by atoms with Crippen molar-refractivity contribution in [1.29, 1.82) is 0 Å². The Morgan fingerprint density at radius 1 is 1.31 bits per heavy atom. The third-order valence-corrected chi connectivity index (χ3v) is 2.86. The standard InChI is InChI=1S/C12H17NO.C2H6/c1-14-12-6-2-4-10(8-12)11-5-3-7-13-9-11;1-2/h2,4,6,8,11,13H,3,5,7,9H2,1H3;1-2H3/t11-;/m0./s1. The van der Waals surface area contributed by atoms with Crippen LogP contribution in [0.4, 0.5) is 0 Å². The van der Waals surface area contributed by atoms with Crippen LogP contribution in [-0.2, 0) is 0 Å². The predicted molar refractivity (Wildman–Crippen MR) is 69.2 cm³/mol. The fourth-order valence-electron chi connectivity index (χ4n) is 2.03. The zero-order valence-electron chi connectivity index (χ0n) is 10.6. The lowest BCUT2D eigenvalue weighted by atomic mass is 9.92. The van der Waals surface area contributed by atoms with Gasteiger partial charge in [0.25, 0.3) is 0 Å². The summed E-state index contributed by atoms with van der Waals surface area (Å²) in [5, 5.41) is 3.43. The highest BCUT2D eigenvalue weighted by molar-refractivity contribution is 5.31. The van der Waals surface area contributed by atoms with E-state index in [1.807, 2.05) is 19.9 Å². The normalized spacial score (nSPS) is 19.6. The first kappa shape index (κ1) is 13.0. The van der Waals surface area contributed by atoms with Crippen LogP contribution < -0.4 is 10.1 Å². The van der Waals surface area contributed by atoms with Crippen LogP contribution in [0.5, 0.6) is 5.75 Å². The van der Waals surface area contributed by atoms with E-state index in [2.05, 4.69) is 23.5 Å². The van der Waals surface area contributed by atoms with E-state index in [-0.39, 0.29) is 0 Å². The number of methoxy groups -OCH3 is 1. The molecule has 2 nitrogen and oxygen atoms in total. The molecule has 0 amide bonds. The topological polar surface area (TPSA) is 21.3 Å². The highest BCUT2D eigenvalue weighted by Crippen LogP contribution is 2.25. The molecular weight excluding hydrogens is 198 g/mol. The largest absolute Gasteiger partial charge is 0.497 e. The van der Waals surface area contributed by atoms with Crippen LogP contribution >= 0.6 is 0 Å². The summed E-state index contributed by atoms with van der Waals surface area (Å²) in [4.78, 5) is 0. The van der Waals surface area contributed by atoms with Gasteiger partial charge in [0.1, 0.15) is 5.75 Å². The maximum Gasteiger partial charge on any atom is 0.119 e. The van der Waals surface area contributed by atoms with Crippen LogP contribution in [0.15, 0.2) is 24.3 Å². The molecule has 0 unspecified atom stereocenters. The quantitative estimate of drug-likeness (QED) is 0.828. The fourth-order valence-corrected chi connectivity index (χ4v) is 2.03. The second-order valence-corrected chi connectivity index (χ2v) is 3.82. The van der Waals surface area contributed by atoms with E-state index in [1.54, 1.807) is 7.11 Å². The lowest BCUT2D eigenvalue weighted by Gasteiger charge is -2.23. The molecule has 1 N–H and O–H groups in total. The Balaban J connectivity index is 0.000000606. The van der Waals surface area contributed by atoms with Crippen molar-refractivity contribution < 1.29 is 4.74 Å². The minimum atomic E-state index is 0.666. The predicted octanol–water partition coefficient (Wildman–Crippen LogP) is 3.19. The van der Waals surface area contributed by atoms with Gasteiger partial charge in [0, 0.05) is 6.54 Å². The molecule has 0 saturated carbocycles. The minimum Gasteiger partial charge on any atom is -0.497 e. The van der Waals surface area contributed by atoms with Gasteiger partial charge in [0.2, 0.25) is 0 Å². The van der Waals surface area contributed by atoms with E-state index >= 15 is 0 Å². The van der Waals surface area contributed by atoms with E-state index in [0.29, 0.717) is 5.92 Å². The molecule has 0 radical (unpaired) electrons. The first-order chi connectivity index (χ1) is 7.90. The molecule has 0 bridgehead atoms. The molecule has 0 aromatic heterocycles. The number of piperidine rings is 1. The van der Waals surface area contributed by atoms with Crippen LogP contribution in [0.1, 0.15) is 38.2 Å². The zero-order chi connectivity index (χ0) is 11.8. The third kappa shape index (κ3) is 3.53. The van der Waals surface area contributed by atoms with E-state index in [0.717, 1.165) is 12.3 Å². The summed E-state index contributed by atoms with van der Waals surface area (Å²) < 4.78 is 5.23. The number of rotatable bonds is 2. The molecule has 1 aliphatic heterocycles. The summed E-state index contributed by atoms with van der Waals surface area (Å²) in [6.45, 7) is 6.27. The average molecular weight is 221 g/mol. The number of benzene rings is 1. The molecule has 1 atom stereocenters. The summed E-state index contributed by atoms with van der Waals surface area (Å²) in [5.74, 6) is 1.63. The van der Waals surface area contributed by atoms with Gasteiger partial charge < -0.3 is 10.1 Å². The first-order valence-electron chi connectivity index (χ1n) is 6.25. The van der Waals surface area contributed by atoms with Crippen LogP contribution in [-0.4, -0.2) is 20.2 Å². The molecule has 1 fully saturated rings.